The third-order valence-electron chi connectivity index (χ3n) is 3.13. The van der Waals surface area contributed by atoms with E-state index in [4.69, 9.17) is 0 Å². The molecule has 0 amide bonds. The number of hydrogen-bond donors (Lipinski definition) is 1. The van der Waals surface area contributed by atoms with Gasteiger partial charge in [-0.3, -0.25) is 0 Å². The predicted molar refractivity (Wildman–Crippen MR) is 71.6 cm³/mol. The van der Waals surface area contributed by atoms with E-state index in [0.717, 1.165) is 13.0 Å². The second-order valence-electron chi connectivity index (χ2n) is 4.55. The van der Waals surface area contributed by atoms with Gasteiger partial charge in [0.15, 0.2) is 0 Å². The molecular weight excluding hydrogens is 194 g/mol. The quantitative estimate of drug-likeness (QED) is 0.733. The molecule has 1 N–H and O–H groups in total. The van der Waals surface area contributed by atoms with Gasteiger partial charge < -0.3 is 5.32 Å². The molecule has 0 fully saturated rings. The number of nitrogens with one attached hydrogen (secondary N) is 1. The van der Waals surface area contributed by atoms with E-state index < -0.39 is 0 Å². The van der Waals surface area contributed by atoms with Crippen molar-refractivity contribution in [3.8, 4) is 0 Å². The zero-order chi connectivity index (χ0) is 11.8. The maximum Gasteiger partial charge on any atom is 0.0210 e. The summed E-state index contributed by atoms with van der Waals surface area (Å²) in [6.07, 6.45) is 5.02. The minimum Gasteiger partial charge on any atom is -0.310 e. The van der Waals surface area contributed by atoms with Gasteiger partial charge in [0.05, 0.1) is 0 Å². The first kappa shape index (κ1) is 13.2. The lowest BCUT2D eigenvalue weighted by Gasteiger charge is -2.15. The highest BCUT2D eigenvalue weighted by atomic mass is 14.9. The molecule has 0 aromatic heterocycles. The minimum atomic E-state index is 0.630. The lowest BCUT2D eigenvalue weighted by molar-refractivity contribution is 0.494. The molecule has 0 aliphatic rings. The van der Waals surface area contributed by atoms with Crippen molar-refractivity contribution in [3.05, 3.63) is 35.4 Å². The van der Waals surface area contributed by atoms with E-state index in [1.165, 1.54) is 30.4 Å². The van der Waals surface area contributed by atoms with Crippen LogP contribution in [0.15, 0.2) is 24.3 Å². The normalized spacial score (nSPS) is 12.7. The molecule has 1 atom stereocenters. The summed E-state index contributed by atoms with van der Waals surface area (Å²) in [5.41, 5.74) is 2.92. The third-order valence-corrected chi connectivity index (χ3v) is 3.13. The Morgan fingerprint density at radius 2 is 1.81 bits per heavy atom. The van der Waals surface area contributed by atoms with Gasteiger partial charge in [-0.25, -0.2) is 0 Å². The summed E-state index contributed by atoms with van der Waals surface area (Å²) in [4.78, 5) is 0. The maximum atomic E-state index is 3.61. The summed E-state index contributed by atoms with van der Waals surface area (Å²) < 4.78 is 0. The Labute approximate surface area is 100 Å². The molecule has 0 saturated heterocycles. The van der Waals surface area contributed by atoms with Gasteiger partial charge in [0.2, 0.25) is 0 Å². The molecule has 0 heterocycles. The smallest absolute Gasteiger partial charge is 0.0210 e. The molecule has 0 radical (unpaired) electrons. The van der Waals surface area contributed by atoms with Gasteiger partial charge in [-0.15, -0.1) is 0 Å². The van der Waals surface area contributed by atoms with Crippen molar-refractivity contribution in [2.45, 2.75) is 59.0 Å². The second kappa shape index (κ2) is 7.45. The monoisotopic (exact) mass is 219 g/mol. The van der Waals surface area contributed by atoms with Crippen molar-refractivity contribution in [1.29, 1.82) is 0 Å². The fraction of sp³-hybridized carbons (Fsp3) is 0.600. The second-order valence-corrected chi connectivity index (χ2v) is 4.55. The van der Waals surface area contributed by atoms with E-state index in [-0.39, 0.29) is 0 Å². The van der Waals surface area contributed by atoms with Crippen molar-refractivity contribution >= 4 is 0 Å². The molecule has 90 valence electrons. The molecule has 1 unspecified atom stereocenters. The molecule has 0 spiro atoms. The molecule has 1 aromatic rings. The highest BCUT2D eigenvalue weighted by Gasteiger charge is 2.03. The first-order chi connectivity index (χ1) is 7.77. The fourth-order valence-corrected chi connectivity index (χ4v) is 1.97. The number of benzene rings is 1. The summed E-state index contributed by atoms with van der Waals surface area (Å²) in [5.74, 6) is 0. The van der Waals surface area contributed by atoms with Gasteiger partial charge >= 0.3 is 0 Å². The van der Waals surface area contributed by atoms with Crippen LogP contribution in [0.1, 0.15) is 51.2 Å². The molecule has 0 bridgehead atoms. The zero-order valence-electron chi connectivity index (χ0n) is 10.9. The van der Waals surface area contributed by atoms with E-state index in [1.807, 2.05) is 0 Å². The first-order valence-electron chi connectivity index (χ1n) is 6.58. The summed E-state index contributed by atoms with van der Waals surface area (Å²) >= 11 is 0. The average molecular weight is 219 g/mol. The molecule has 1 aromatic carbocycles. The first-order valence-corrected chi connectivity index (χ1v) is 6.58. The van der Waals surface area contributed by atoms with E-state index in [0.29, 0.717) is 6.04 Å². The molecule has 1 heteroatoms. The third kappa shape index (κ3) is 4.36. The Morgan fingerprint density at radius 3 is 2.44 bits per heavy atom. The molecular formula is C15H25N. The Bertz CT molecular complexity index is 293. The Hall–Kier alpha value is -0.820. The Kier molecular flexibility index (Phi) is 6.17. The topological polar surface area (TPSA) is 12.0 Å². The molecule has 1 rings (SSSR count). The van der Waals surface area contributed by atoms with Crippen LogP contribution in [0.3, 0.4) is 0 Å². The summed E-state index contributed by atoms with van der Waals surface area (Å²) in [5, 5.41) is 3.61. The number of hydrogen-bond acceptors (Lipinski definition) is 1. The Morgan fingerprint density at radius 1 is 1.12 bits per heavy atom. The predicted octanol–water partition coefficient (Wildman–Crippen LogP) is 3.92. The highest BCUT2D eigenvalue weighted by Crippen LogP contribution is 2.10. The van der Waals surface area contributed by atoms with Gasteiger partial charge in [-0.05, 0) is 30.9 Å². The van der Waals surface area contributed by atoms with Gasteiger partial charge in [-0.2, -0.15) is 0 Å². The summed E-state index contributed by atoms with van der Waals surface area (Å²) in [7, 11) is 0. The molecule has 0 aliphatic carbocycles. The maximum absolute atomic E-state index is 3.61. The molecule has 1 nitrogen and oxygen atoms in total. The largest absolute Gasteiger partial charge is 0.310 e. The van der Waals surface area contributed by atoms with Crippen LogP contribution in [-0.4, -0.2) is 6.04 Å². The number of aryl methyl sites for hydroxylation is 1. The van der Waals surface area contributed by atoms with E-state index in [9.17, 15) is 0 Å². The lowest BCUT2D eigenvalue weighted by atomic mass is 10.0. The fourth-order valence-electron chi connectivity index (χ4n) is 1.97. The number of unbranched alkanes of at least 4 members (excludes halogenated alkanes) is 1. The minimum absolute atomic E-state index is 0.630. The van der Waals surface area contributed by atoms with Crippen molar-refractivity contribution in [2.24, 2.45) is 0 Å². The van der Waals surface area contributed by atoms with Crippen LogP contribution >= 0.6 is 0 Å². The number of rotatable bonds is 7. The molecule has 0 aliphatic heterocycles. The average Bonchev–Trinajstić information content (AvgIpc) is 2.34. The van der Waals surface area contributed by atoms with Crippen LogP contribution < -0.4 is 5.32 Å². The van der Waals surface area contributed by atoms with Crippen molar-refractivity contribution in [3.63, 3.8) is 0 Å². The van der Waals surface area contributed by atoms with Gasteiger partial charge in [-0.1, -0.05) is 51.0 Å². The van der Waals surface area contributed by atoms with Crippen LogP contribution in [0.2, 0.25) is 0 Å². The van der Waals surface area contributed by atoms with Crippen molar-refractivity contribution in [1.82, 2.24) is 5.32 Å². The van der Waals surface area contributed by atoms with E-state index in [2.05, 4.69) is 50.4 Å². The van der Waals surface area contributed by atoms with Crippen LogP contribution in [-0.2, 0) is 13.0 Å². The van der Waals surface area contributed by atoms with Crippen LogP contribution in [0.5, 0.6) is 0 Å². The van der Waals surface area contributed by atoms with E-state index >= 15 is 0 Å². The highest BCUT2D eigenvalue weighted by molar-refractivity contribution is 5.26. The van der Waals surface area contributed by atoms with Gasteiger partial charge in [0.1, 0.15) is 0 Å². The van der Waals surface area contributed by atoms with Crippen LogP contribution in [0.25, 0.3) is 0 Å². The molecule has 0 saturated carbocycles. The van der Waals surface area contributed by atoms with Gasteiger partial charge in [0.25, 0.3) is 0 Å². The van der Waals surface area contributed by atoms with Crippen LogP contribution in [0, 0.1) is 0 Å². The SMILES string of the molecule is CCCCC(C)NCc1ccccc1CC. The Balaban J connectivity index is 2.41. The zero-order valence-corrected chi connectivity index (χ0v) is 10.9. The van der Waals surface area contributed by atoms with Crippen molar-refractivity contribution in [2.75, 3.05) is 0 Å². The summed E-state index contributed by atoms with van der Waals surface area (Å²) in [6.45, 7) is 7.76. The summed E-state index contributed by atoms with van der Waals surface area (Å²) in [6, 6.07) is 9.35. The lowest BCUT2D eigenvalue weighted by Crippen LogP contribution is -2.25. The standard InChI is InChI=1S/C15H25N/c1-4-6-9-13(3)16-12-15-11-8-7-10-14(15)5-2/h7-8,10-11,13,16H,4-6,9,12H2,1-3H3. The van der Waals surface area contributed by atoms with E-state index in [1.54, 1.807) is 0 Å². The van der Waals surface area contributed by atoms with Crippen LogP contribution in [0.4, 0.5) is 0 Å². The molecule has 16 heavy (non-hydrogen) atoms. The van der Waals surface area contributed by atoms with Gasteiger partial charge in [0, 0.05) is 12.6 Å². The van der Waals surface area contributed by atoms with Crippen molar-refractivity contribution < 1.29 is 0 Å².